The van der Waals surface area contributed by atoms with Gasteiger partial charge in [-0.25, -0.2) is 0 Å². The summed E-state index contributed by atoms with van der Waals surface area (Å²) in [7, 11) is 0. The number of nitrogens with one attached hydrogen (secondary N) is 1. The Labute approximate surface area is 112 Å². The second-order valence-electron chi connectivity index (χ2n) is 5.39. The Morgan fingerprint density at radius 2 is 2.06 bits per heavy atom. The highest BCUT2D eigenvalue weighted by Crippen LogP contribution is 2.36. The third kappa shape index (κ3) is 2.47. The van der Waals surface area contributed by atoms with Crippen molar-refractivity contribution in [2.24, 2.45) is 11.8 Å². The van der Waals surface area contributed by atoms with Gasteiger partial charge in [-0.2, -0.15) is 0 Å². The maximum atomic E-state index is 6.07. The Kier molecular flexibility index (Phi) is 3.34. The van der Waals surface area contributed by atoms with Crippen molar-refractivity contribution in [3.05, 3.63) is 33.8 Å². The molecule has 3 aliphatic rings. The highest BCUT2D eigenvalue weighted by atomic mass is 35.5. The molecule has 0 spiro atoms. The molecule has 0 aromatic heterocycles. The van der Waals surface area contributed by atoms with E-state index in [9.17, 15) is 0 Å². The zero-order valence-corrected chi connectivity index (χ0v) is 11.3. The number of hydrogen-bond donors (Lipinski definition) is 1. The molecule has 0 unspecified atom stereocenters. The summed E-state index contributed by atoms with van der Waals surface area (Å²) in [4.78, 5) is 0. The first-order valence-corrected chi connectivity index (χ1v) is 7.15. The van der Waals surface area contributed by atoms with Gasteiger partial charge in [0.15, 0.2) is 0 Å². The van der Waals surface area contributed by atoms with E-state index in [-0.39, 0.29) is 0 Å². The fourth-order valence-electron chi connectivity index (χ4n) is 3.32. The third-order valence-corrected chi connectivity index (χ3v) is 5.03. The highest BCUT2D eigenvalue weighted by molar-refractivity contribution is 6.42. The number of fused-ring (bicyclic) bond motifs is 3. The summed E-state index contributed by atoms with van der Waals surface area (Å²) in [5, 5.41) is 4.95. The van der Waals surface area contributed by atoms with E-state index in [1.807, 2.05) is 12.1 Å². The van der Waals surface area contributed by atoms with Crippen LogP contribution in [0.3, 0.4) is 0 Å². The van der Waals surface area contributed by atoms with Crippen molar-refractivity contribution in [3.63, 3.8) is 0 Å². The van der Waals surface area contributed by atoms with Gasteiger partial charge in [0.1, 0.15) is 0 Å². The van der Waals surface area contributed by atoms with Crippen LogP contribution < -0.4 is 5.32 Å². The molecular formula is C14H17Cl2N. The highest BCUT2D eigenvalue weighted by Gasteiger charge is 2.34. The predicted octanol–water partition coefficient (Wildman–Crippen LogP) is 3.92. The zero-order chi connectivity index (χ0) is 11.8. The molecule has 1 aromatic carbocycles. The van der Waals surface area contributed by atoms with Crippen molar-refractivity contribution < 1.29 is 0 Å². The molecule has 4 rings (SSSR count). The van der Waals surface area contributed by atoms with E-state index in [0.29, 0.717) is 10.0 Å². The van der Waals surface area contributed by atoms with E-state index in [4.69, 9.17) is 23.2 Å². The smallest absolute Gasteiger partial charge is 0.0595 e. The minimum Gasteiger partial charge on any atom is -0.314 e. The van der Waals surface area contributed by atoms with Crippen molar-refractivity contribution in [2.75, 3.05) is 6.54 Å². The van der Waals surface area contributed by atoms with Crippen LogP contribution in [0.1, 0.15) is 24.8 Å². The van der Waals surface area contributed by atoms with Crippen LogP contribution in [-0.4, -0.2) is 12.6 Å². The van der Waals surface area contributed by atoms with Gasteiger partial charge in [0.2, 0.25) is 0 Å². The van der Waals surface area contributed by atoms with Crippen LogP contribution in [0.2, 0.25) is 10.0 Å². The molecule has 1 saturated carbocycles. The van der Waals surface area contributed by atoms with Crippen molar-refractivity contribution >= 4 is 23.2 Å². The maximum absolute atomic E-state index is 6.07. The number of hydrogen-bond acceptors (Lipinski definition) is 1. The fraction of sp³-hybridized carbons (Fsp3) is 0.571. The molecule has 92 valence electrons. The molecule has 2 bridgehead atoms. The molecule has 1 aromatic rings. The Hall–Kier alpha value is -0.240. The summed E-state index contributed by atoms with van der Waals surface area (Å²) in [6.07, 6.45) is 5.23. The monoisotopic (exact) mass is 269 g/mol. The first kappa shape index (κ1) is 11.8. The first-order chi connectivity index (χ1) is 8.22. The van der Waals surface area contributed by atoms with Crippen LogP contribution in [-0.2, 0) is 6.42 Å². The molecule has 0 amide bonds. The van der Waals surface area contributed by atoms with E-state index in [2.05, 4.69) is 11.4 Å². The van der Waals surface area contributed by atoms with Crippen molar-refractivity contribution in [3.8, 4) is 0 Å². The van der Waals surface area contributed by atoms with E-state index in [1.54, 1.807) is 0 Å². The van der Waals surface area contributed by atoms with Crippen LogP contribution in [0.4, 0.5) is 0 Å². The van der Waals surface area contributed by atoms with Crippen LogP contribution in [0.15, 0.2) is 18.2 Å². The summed E-state index contributed by atoms with van der Waals surface area (Å²) in [6.45, 7) is 1.21. The lowest BCUT2D eigenvalue weighted by Gasteiger charge is -2.43. The quantitative estimate of drug-likeness (QED) is 0.858. The van der Waals surface area contributed by atoms with Crippen molar-refractivity contribution in [1.82, 2.24) is 5.32 Å². The Morgan fingerprint density at radius 3 is 2.65 bits per heavy atom. The van der Waals surface area contributed by atoms with E-state index in [1.165, 1.54) is 31.4 Å². The van der Waals surface area contributed by atoms with Crippen molar-refractivity contribution in [1.29, 1.82) is 0 Å². The average molecular weight is 270 g/mol. The third-order valence-electron chi connectivity index (χ3n) is 4.29. The zero-order valence-electron chi connectivity index (χ0n) is 9.76. The fourth-order valence-corrected chi connectivity index (χ4v) is 3.64. The first-order valence-electron chi connectivity index (χ1n) is 6.39. The lowest BCUT2D eigenvalue weighted by Crippen LogP contribution is -2.49. The summed E-state index contributed by atoms with van der Waals surface area (Å²) < 4.78 is 0. The largest absolute Gasteiger partial charge is 0.314 e. The van der Waals surface area contributed by atoms with Gasteiger partial charge in [0.05, 0.1) is 10.0 Å². The molecular weight excluding hydrogens is 253 g/mol. The van der Waals surface area contributed by atoms with Crippen LogP contribution in [0.5, 0.6) is 0 Å². The number of halogens is 2. The number of rotatable bonds is 2. The molecule has 2 aliphatic heterocycles. The second kappa shape index (κ2) is 4.79. The van der Waals surface area contributed by atoms with Crippen molar-refractivity contribution in [2.45, 2.75) is 31.7 Å². The lowest BCUT2D eigenvalue weighted by atomic mass is 9.71. The summed E-state index contributed by atoms with van der Waals surface area (Å²) in [5.74, 6) is 1.68. The Balaban J connectivity index is 1.72. The Bertz CT molecular complexity index is 411. The minimum atomic E-state index is 0.655. The van der Waals surface area contributed by atoms with E-state index >= 15 is 0 Å². The Morgan fingerprint density at radius 1 is 1.18 bits per heavy atom. The predicted molar refractivity (Wildman–Crippen MR) is 72.8 cm³/mol. The summed E-state index contributed by atoms with van der Waals surface area (Å²) in [5.41, 5.74) is 1.33. The van der Waals surface area contributed by atoms with Gasteiger partial charge >= 0.3 is 0 Å². The van der Waals surface area contributed by atoms with E-state index in [0.717, 1.165) is 24.3 Å². The molecule has 17 heavy (non-hydrogen) atoms. The lowest BCUT2D eigenvalue weighted by molar-refractivity contribution is 0.132. The van der Waals surface area contributed by atoms with Gasteiger partial charge in [0.25, 0.3) is 0 Å². The van der Waals surface area contributed by atoms with Gasteiger partial charge in [-0.1, -0.05) is 29.3 Å². The summed E-state index contributed by atoms with van der Waals surface area (Å²) in [6, 6.07) is 6.81. The number of piperidine rings is 2. The molecule has 1 N–H and O–H groups in total. The minimum absolute atomic E-state index is 0.655. The molecule has 2 saturated heterocycles. The molecule has 2 heterocycles. The molecule has 3 fully saturated rings. The average Bonchev–Trinajstić information content (AvgIpc) is 2.35. The molecule has 3 heteroatoms. The van der Waals surface area contributed by atoms with Gasteiger partial charge in [-0.3, -0.25) is 0 Å². The summed E-state index contributed by atoms with van der Waals surface area (Å²) >= 11 is 12.0. The van der Waals surface area contributed by atoms with Gasteiger partial charge in [0, 0.05) is 6.04 Å². The van der Waals surface area contributed by atoms with Crippen LogP contribution in [0.25, 0.3) is 0 Å². The van der Waals surface area contributed by atoms with E-state index < -0.39 is 0 Å². The van der Waals surface area contributed by atoms with Gasteiger partial charge < -0.3 is 5.32 Å². The van der Waals surface area contributed by atoms with Gasteiger partial charge in [-0.05, 0) is 61.8 Å². The van der Waals surface area contributed by atoms with Crippen LogP contribution >= 0.6 is 23.2 Å². The number of benzene rings is 1. The topological polar surface area (TPSA) is 12.0 Å². The molecule has 0 radical (unpaired) electrons. The second-order valence-corrected chi connectivity index (χ2v) is 6.21. The van der Waals surface area contributed by atoms with Gasteiger partial charge in [-0.15, -0.1) is 0 Å². The normalized spacial score (nSPS) is 31.8. The van der Waals surface area contributed by atoms with Crippen LogP contribution in [0, 0.1) is 11.8 Å². The molecule has 1 nitrogen and oxygen atoms in total. The maximum Gasteiger partial charge on any atom is 0.0595 e. The molecule has 1 aliphatic carbocycles. The molecule has 3 atom stereocenters. The SMILES string of the molecule is Clc1ccc(C[C@@H]2C[C@H]3CC[C@H]2CN3)cc1Cl. The standard InChI is InChI=1S/C14H17Cl2N/c15-13-4-1-9(6-14(13)16)5-11-7-12-3-2-10(11)8-17-12/h1,4,6,10-12,17H,2-3,5,7-8H2/t10-,11+,12+/m0/s1.